The van der Waals surface area contributed by atoms with Gasteiger partial charge in [0.2, 0.25) is 0 Å². The molecule has 1 aromatic carbocycles. The van der Waals surface area contributed by atoms with Gasteiger partial charge in [0, 0.05) is 29.1 Å². The van der Waals surface area contributed by atoms with Gasteiger partial charge >= 0.3 is 0 Å². The largest absolute Gasteiger partial charge is 0.325 e. The summed E-state index contributed by atoms with van der Waals surface area (Å²) in [4.78, 5) is 15.0. The molecule has 1 aliphatic carbocycles. The Labute approximate surface area is 103 Å². The molecule has 0 amide bonds. The molecule has 3 fully saturated rings. The molecule has 0 spiro atoms. The van der Waals surface area contributed by atoms with E-state index in [1.807, 2.05) is 6.07 Å². The fraction of sp³-hybridized carbons (Fsp3) is 0.357. The Kier molecular flexibility index (Phi) is 1.83. The van der Waals surface area contributed by atoms with E-state index in [0.717, 1.165) is 30.5 Å². The van der Waals surface area contributed by atoms with Gasteiger partial charge in [-0.05, 0) is 36.4 Å². The summed E-state index contributed by atoms with van der Waals surface area (Å²) < 4.78 is 13.1. The Bertz CT molecular complexity index is 695. The standard InChI is InChI=1S/C14H13FN2O/c15-9-2-1-8-3-12(17-13(18)11(8)4-9)14-5-10(6-14)16-7-14/h1-4,10,16H,5-7H2,(H,17,18). The molecule has 0 unspecified atom stereocenters. The Morgan fingerprint density at radius 3 is 2.83 bits per heavy atom. The first-order valence-electron chi connectivity index (χ1n) is 6.23. The van der Waals surface area contributed by atoms with Crippen LogP contribution in [0.5, 0.6) is 0 Å². The number of hydrogen-bond acceptors (Lipinski definition) is 2. The predicted octanol–water partition coefficient (Wildman–Crippen LogP) is 1.67. The van der Waals surface area contributed by atoms with Crippen LogP contribution in [0.2, 0.25) is 0 Å². The van der Waals surface area contributed by atoms with Crippen molar-refractivity contribution in [3.05, 3.63) is 46.1 Å². The third-order valence-electron chi connectivity index (χ3n) is 4.38. The molecule has 1 saturated carbocycles. The number of nitrogens with one attached hydrogen (secondary N) is 2. The van der Waals surface area contributed by atoms with Crippen molar-refractivity contribution in [3.63, 3.8) is 0 Å². The summed E-state index contributed by atoms with van der Waals surface area (Å²) in [5.41, 5.74) is 0.909. The topological polar surface area (TPSA) is 44.9 Å². The highest BCUT2D eigenvalue weighted by Crippen LogP contribution is 2.47. The molecule has 2 saturated heterocycles. The zero-order chi connectivity index (χ0) is 12.3. The number of benzene rings is 1. The molecule has 2 aromatic rings. The van der Waals surface area contributed by atoms with Gasteiger partial charge in [-0.2, -0.15) is 0 Å². The summed E-state index contributed by atoms with van der Waals surface area (Å²) in [6.07, 6.45) is 2.19. The van der Waals surface area contributed by atoms with Gasteiger partial charge in [-0.15, -0.1) is 0 Å². The number of aromatic amines is 1. The molecule has 3 nitrogen and oxygen atoms in total. The lowest BCUT2D eigenvalue weighted by atomic mass is 9.68. The molecule has 4 heteroatoms. The van der Waals surface area contributed by atoms with Crippen LogP contribution in [0.15, 0.2) is 29.1 Å². The maximum Gasteiger partial charge on any atom is 0.256 e. The lowest BCUT2D eigenvalue weighted by Crippen LogP contribution is -2.39. The van der Waals surface area contributed by atoms with Crippen LogP contribution in [-0.2, 0) is 5.41 Å². The number of H-pyrrole nitrogens is 1. The molecule has 18 heavy (non-hydrogen) atoms. The van der Waals surface area contributed by atoms with Gasteiger partial charge in [0.15, 0.2) is 0 Å². The molecule has 3 aliphatic rings. The smallest absolute Gasteiger partial charge is 0.256 e. The second-order valence-corrected chi connectivity index (χ2v) is 5.51. The van der Waals surface area contributed by atoms with E-state index in [-0.39, 0.29) is 16.8 Å². The van der Waals surface area contributed by atoms with Crippen LogP contribution in [0.1, 0.15) is 18.5 Å². The molecule has 1 aromatic heterocycles. The number of hydrogen-bond donors (Lipinski definition) is 2. The monoisotopic (exact) mass is 244 g/mol. The number of rotatable bonds is 1. The van der Waals surface area contributed by atoms with Crippen molar-refractivity contribution in [2.24, 2.45) is 0 Å². The van der Waals surface area contributed by atoms with E-state index in [1.165, 1.54) is 12.1 Å². The summed E-state index contributed by atoms with van der Waals surface area (Å²) in [5, 5.41) is 4.67. The van der Waals surface area contributed by atoms with Crippen molar-refractivity contribution in [2.75, 3.05) is 6.54 Å². The van der Waals surface area contributed by atoms with Crippen molar-refractivity contribution >= 4 is 10.8 Å². The molecular weight excluding hydrogens is 231 g/mol. The molecule has 2 aliphatic heterocycles. The molecule has 2 N–H and O–H groups in total. The van der Waals surface area contributed by atoms with Crippen LogP contribution >= 0.6 is 0 Å². The number of halogens is 1. The van der Waals surface area contributed by atoms with Crippen LogP contribution < -0.4 is 10.9 Å². The first-order chi connectivity index (χ1) is 8.66. The lowest BCUT2D eigenvalue weighted by molar-refractivity contribution is 0.297. The third-order valence-corrected chi connectivity index (χ3v) is 4.38. The average molecular weight is 244 g/mol. The van der Waals surface area contributed by atoms with E-state index >= 15 is 0 Å². The van der Waals surface area contributed by atoms with Gasteiger partial charge in [0.05, 0.1) is 0 Å². The Hall–Kier alpha value is -1.68. The summed E-state index contributed by atoms with van der Waals surface area (Å²) >= 11 is 0. The first kappa shape index (κ1) is 10.3. The minimum Gasteiger partial charge on any atom is -0.325 e. The van der Waals surface area contributed by atoms with E-state index in [9.17, 15) is 9.18 Å². The molecule has 0 radical (unpaired) electrons. The van der Waals surface area contributed by atoms with Crippen molar-refractivity contribution < 1.29 is 4.39 Å². The van der Waals surface area contributed by atoms with Crippen molar-refractivity contribution in [1.29, 1.82) is 0 Å². The van der Waals surface area contributed by atoms with Crippen LogP contribution in [-0.4, -0.2) is 17.6 Å². The third kappa shape index (κ3) is 1.24. The number of fused-ring (bicyclic) bond motifs is 2. The second-order valence-electron chi connectivity index (χ2n) is 5.51. The first-order valence-corrected chi connectivity index (χ1v) is 6.23. The predicted molar refractivity (Wildman–Crippen MR) is 67.2 cm³/mol. The molecular formula is C14H13FN2O. The summed E-state index contributed by atoms with van der Waals surface area (Å²) in [6.45, 7) is 0.931. The van der Waals surface area contributed by atoms with Gasteiger partial charge in [0.25, 0.3) is 5.56 Å². The van der Waals surface area contributed by atoms with E-state index < -0.39 is 0 Å². The SMILES string of the molecule is O=c1[nH]c(C23CNC(C2)C3)cc2ccc(F)cc12. The molecule has 92 valence electrons. The van der Waals surface area contributed by atoms with E-state index in [4.69, 9.17) is 0 Å². The van der Waals surface area contributed by atoms with Gasteiger partial charge in [-0.25, -0.2) is 4.39 Å². The molecule has 3 heterocycles. The number of pyridine rings is 1. The quantitative estimate of drug-likeness (QED) is 0.801. The highest BCUT2D eigenvalue weighted by atomic mass is 19.1. The van der Waals surface area contributed by atoms with Gasteiger partial charge in [-0.1, -0.05) is 6.07 Å². The van der Waals surface area contributed by atoms with Crippen LogP contribution in [0.25, 0.3) is 10.8 Å². The second kappa shape index (κ2) is 3.20. The number of aromatic nitrogens is 1. The molecule has 0 atom stereocenters. The van der Waals surface area contributed by atoms with E-state index in [0.29, 0.717) is 11.4 Å². The summed E-state index contributed by atoms with van der Waals surface area (Å²) in [5.74, 6) is -0.370. The minimum atomic E-state index is -0.370. The van der Waals surface area contributed by atoms with Gasteiger partial charge in [-0.3, -0.25) is 4.79 Å². The van der Waals surface area contributed by atoms with Gasteiger partial charge in [0.1, 0.15) is 5.82 Å². The summed E-state index contributed by atoms with van der Waals surface area (Å²) in [7, 11) is 0. The minimum absolute atomic E-state index is 0.104. The van der Waals surface area contributed by atoms with E-state index in [2.05, 4.69) is 10.3 Å². The lowest BCUT2D eigenvalue weighted by Gasteiger charge is -2.36. The van der Waals surface area contributed by atoms with Gasteiger partial charge < -0.3 is 10.3 Å². The van der Waals surface area contributed by atoms with Crippen LogP contribution in [0.3, 0.4) is 0 Å². The Balaban J connectivity index is 1.94. The van der Waals surface area contributed by atoms with Crippen molar-refractivity contribution in [1.82, 2.24) is 10.3 Å². The van der Waals surface area contributed by atoms with Crippen LogP contribution in [0, 0.1) is 5.82 Å². The fourth-order valence-electron chi connectivity index (χ4n) is 3.34. The zero-order valence-corrected chi connectivity index (χ0v) is 9.79. The summed E-state index contributed by atoms with van der Waals surface area (Å²) in [6, 6.07) is 6.99. The highest BCUT2D eigenvalue weighted by Gasteiger charge is 2.52. The van der Waals surface area contributed by atoms with Crippen LogP contribution in [0.4, 0.5) is 4.39 Å². The fourth-order valence-corrected chi connectivity index (χ4v) is 3.34. The van der Waals surface area contributed by atoms with E-state index in [1.54, 1.807) is 6.07 Å². The molecule has 2 bridgehead atoms. The Morgan fingerprint density at radius 2 is 2.11 bits per heavy atom. The van der Waals surface area contributed by atoms with Crippen molar-refractivity contribution in [2.45, 2.75) is 24.3 Å². The zero-order valence-electron chi connectivity index (χ0n) is 9.79. The maximum atomic E-state index is 13.1. The molecule has 5 rings (SSSR count). The normalized spacial score (nSPS) is 29.5. The average Bonchev–Trinajstić information content (AvgIpc) is 2.89. The Morgan fingerprint density at radius 1 is 1.28 bits per heavy atom. The van der Waals surface area contributed by atoms with Crippen molar-refractivity contribution in [3.8, 4) is 0 Å². The maximum absolute atomic E-state index is 13.1. The highest BCUT2D eigenvalue weighted by molar-refractivity contribution is 5.82.